The predicted molar refractivity (Wildman–Crippen MR) is 124 cm³/mol. The van der Waals surface area contributed by atoms with Crippen molar-refractivity contribution < 1.29 is 28.1 Å². The molecule has 4 aromatic rings. The minimum atomic E-state index is -0.897. The van der Waals surface area contributed by atoms with E-state index in [0.29, 0.717) is 27.7 Å². The van der Waals surface area contributed by atoms with Crippen molar-refractivity contribution in [3.63, 3.8) is 0 Å². The number of furan rings is 2. The van der Waals surface area contributed by atoms with E-state index in [0.717, 1.165) is 11.5 Å². The van der Waals surface area contributed by atoms with Gasteiger partial charge in [0, 0.05) is 17.9 Å². The Kier molecular flexibility index (Phi) is 4.78. The van der Waals surface area contributed by atoms with E-state index >= 15 is 0 Å². The van der Waals surface area contributed by atoms with Gasteiger partial charge in [0.2, 0.25) is 0 Å². The van der Waals surface area contributed by atoms with Crippen molar-refractivity contribution in [3.8, 4) is 0 Å². The molecule has 0 fully saturated rings. The number of amides is 3. The molecule has 0 saturated heterocycles. The number of nitrogens with zero attached hydrogens (tertiary/aromatic N) is 4. The molecule has 0 N–H and O–H groups in total. The van der Waals surface area contributed by atoms with Gasteiger partial charge in [-0.1, -0.05) is 24.3 Å². The summed E-state index contributed by atoms with van der Waals surface area (Å²) in [7, 11) is 0. The zero-order valence-corrected chi connectivity index (χ0v) is 18.5. The fraction of sp³-hybridized carbons (Fsp3) is 0.120. The molecule has 2 aromatic heterocycles. The molecule has 2 aliphatic rings. The zero-order valence-electron chi connectivity index (χ0n) is 18.5. The minimum Gasteiger partial charge on any atom is -0.467 e. The number of para-hydroxylation sites is 1. The third-order valence-corrected chi connectivity index (χ3v) is 6.21. The number of rotatable bonds is 5. The van der Waals surface area contributed by atoms with Crippen molar-refractivity contribution in [1.29, 1.82) is 0 Å². The highest BCUT2D eigenvalue weighted by molar-refractivity contribution is 6.24. The van der Waals surface area contributed by atoms with Crippen molar-refractivity contribution in [1.82, 2.24) is 9.91 Å². The van der Waals surface area contributed by atoms with Gasteiger partial charge in [0.25, 0.3) is 23.4 Å². The molecule has 2 aromatic carbocycles. The second-order valence-electron chi connectivity index (χ2n) is 8.32. The smallest absolute Gasteiger partial charge is 0.282 e. The lowest BCUT2D eigenvalue weighted by molar-refractivity contribution is -0.385. The Morgan fingerprint density at radius 1 is 1.08 bits per heavy atom. The number of carbonyl (C=O) groups is 3. The average Bonchev–Trinajstić information content (AvgIpc) is 3.66. The number of carbonyl (C=O) groups excluding carboxylic acids is 3. The maximum Gasteiger partial charge on any atom is 0.282 e. The number of fused-ring (bicyclic) bond motifs is 2. The first-order valence-electron chi connectivity index (χ1n) is 11.0. The predicted octanol–water partition coefficient (Wildman–Crippen LogP) is 3.91. The first-order valence-corrected chi connectivity index (χ1v) is 11.0. The lowest BCUT2D eigenvalue weighted by Gasteiger charge is -2.22. The first-order chi connectivity index (χ1) is 17.4. The molecule has 178 valence electrons. The molecule has 2 aliphatic heterocycles. The topological polar surface area (TPSA) is 139 Å². The Labute approximate surface area is 202 Å². The summed E-state index contributed by atoms with van der Waals surface area (Å²) >= 11 is 0. The minimum absolute atomic E-state index is 0.113. The second-order valence-corrected chi connectivity index (χ2v) is 8.32. The first kappa shape index (κ1) is 21.5. The van der Waals surface area contributed by atoms with E-state index in [1.165, 1.54) is 23.4 Å². The summed E-state index contributed by atoms with van der Waals surface area (Å²) in [5, 5.41) is 17.9. The summed E-state index contributed by atoms with van der Waals surface area (Å²) in [6.07, 6.45) is 1.76. The average molecular weight is 484 g/mol. The molecular weight excluding hydrogens is 468 g/mol. The van der Waals surface area contributed by atoms with Gasteiger partial charge in [-0.25, -0.2) is 5.01 Å². The quantitative estimate of drug-likeness (QED) is 0.238. The van der Waals surface area contributed by atoms with Crippen LogP contribution in [0.3, 0.4) is 0 Å². The summed E-state index contributed by atoms with van der Waals surface area (Å²) in [5.41, 5.74) is 0.245. The number of nitro groups is 1. The number of hydrogen-bond acceptors (Lipinski definition) is 8. The van der Waals surface area contributed by atoms with Crippen LogP contribution >= 0.6 is 0 Å². The fourth-order valence-corrected chi connectivity index (χ4v) is 4.53. The molecule has 36 heavy (non-hydrogen) atoms. The van der Waals surface area contributed by atoms with Crippen molar-refractivity contribution in [3.05, 3.63) is 99.7 Å². The molecule has 0 aliphatic carbocycles. The van der Waals surface area contributed by atoms with Gasteiger partial charge in [-0.3, -0.25) is 29.4 Å². The van der Waals surface area contributed by atoms with Crippen LogP contribution in [-0.2, 0) is 4.79 Å². The Morgan fingerprint density at radius 3 is 2.67 bits per heavy atom. The maximum atomic E-state index is 13.4. The van der Waals surface area contributed by atoms with Gasteiger partial charge in [0.1, 0.15) is 35.2 Å². The largest absolute Gasteiger partial charge is 0.467 e. The summed E-state index contributed by atoms with van der Waals surface area (Å²) < 4.78 is 11.4. The number of hydrazone groups is 1. The van der Waals surface area contributed by atoms with Crippen LogP contribution in [0.5, 0.6) is 0 Å². The van der Waals surface area contributed by atoms with Gasteiger partial charge in [-0.05, 0) is 30.3 Å². The van der Waals surface area contributed by atoms with Crippen LogP contribution in [0.15, 0.2) is 80.9 Å². The van der Waals surface area contributed by atoms with E-state index in [1.807, 2.05) is 30.3 Å². The molecule has 11 heteroatoms. The van der Waals surface area contributed by atoms with Gasteiger partial charge >= 0.3 is 0 Å². The van der Waals surface area contributed by atoms with E-state index in [2.05, 4.69) is 5.10 Å². The van der Waals surface area contributed by atoms with Crippen LogP contribution in [0.4, 0.5) is 5.69 Å². The molecule has 11 nitrogen and oxygen atoms in total. The van der Waals surface area contributed by atoms with Gasteiger partial charge in [-0.2, -0.15) is 5.10 Å². The van der Waals surface area contributed by atoms with Crippen LogP contribution in [0.1, 0.15) is 44.7 Å². The molecule has 4 heterocycles. The molecule has 0 saturated carbocycles. The lowest BCUT2D eigenvalue weighted by atomic mass is 10.1. The van der Waals surface area contributed by atoms with Crippen LogP contribution in [-0.4, -0.2) is 44.8 Å². The van der Waals surface area contributed by atoms with Crippen LogP contribution in [0.25, 0.3) is 11.0 Å². The molecule has 1 atom stereocenters. The van der Waals surface area contributed by atoms with Crippen LogP contribution in [0, 0.1) is 10.1 Å². The summed E-state index contributed by atoms with van der Waals surface area (Å²) in [6.45, 7) is -0.641. The van der Waals surface area contributed by atoms with Crippen LogP contribution in [0.2, 0.25) is 0 Å². The van der Waals surface area contributed by atoms with Gasteiger partial charge < -0.3 is 8.83 Å². The highest BCUT2D eigenvalue weighted by Crippen LogP contribution is 2.36. The Bertz CT molecular complexity index is 1570. The van der Waals surface area contributed by atoms with Gasteiger partial charge in [0.05, 0.1) is 16.7 Å². The fourth-order valence-electron chi connectivity index (χ4n) is 4.53. The molecule has 1 unspecified atom stereocenters. The molecule has 0 bridgehead atoms. The molecule has 0 spiro atoms. The Balaban J connectivity index is 1.32. The molecule has 3 amide bonds. The molecule has 6 rings (SSSR count). The second kappa shape index (κ2) is 8.01. The van der Waals surface area contributed by atoms with E-state index in [4.69, 9.17) is 8.83 Å². The molecule has 0 radical (unpaired) electrons. The number of imide groups is 1. The highest BCUT2D eigenvalue weighted by atomic mass is 16.6. The maximum absolute atomic E-state index is 13.4. The van der Waals surface area contributed by atoms with Gasteiger partial charge in [-0.15, -0.1) is 0 Å². The summed E-state index contributed by atoms with van der Waals surface area (Å²) in [5.74, 6) is -1.37. The number of hydrogen-bond donors (Lipinski definition) is 0. The summed E-state index contributed by atoms with van der Waals surface area (Å²) in [6, 6.07) is 15.8. The normalized spacial score (nSPS) is 17.1. The molecular formula is C25H16N4O7. The van der Waals surface area contributed by atoms with Crippen molar-refractivity contribution in [2.45, 2.75) is 12.5 Å². The highest BCUT2D eigenvalue weighted by Gasteiger charge is 2.44. The lowest BCUT2D eigenvalue weighted by Crippen LogP contribution is -2.41. The zero-order chi connectivity index (χ0) is 25.0. The summed E-state index contributed by atoms with van der Waals surface area (Å²) in [4.78, 5) is 50.5. The van der Waals surface area contributed by atoms with Crippen molar-refractivity contribution >= 4 is 40.1 Å². The van der Waals surface area contributed by atoms with Crippen molar-refractivity contribution in [2.75, 3.05) is 6.54 Å². The van der Waals surface area contributed by atoms with E-state index in [1.54, 1.807) is 12.1 Å². The number of benzene rings is 2. The SMILES string of the molecule is O=C1c2cccc([N+](=O)[O-])c2C(=O)N1CC(=O)N1N=C(c2cc3ccccc3o2)CC1c1ccco1. The Hall–Kier alpha value is -5.06. The monoisotopic (exact) mass is 484 g/mol. The number of nitro benzene ring substituents is 1. The standard InChI is InChI=1S/C25H16N4O7/c30-22(13-27-24(31)15-6-3-7-17(29(33)34)23(15)25(27)32)28-18(20-9-4-10-35-20)12-16(26-28)21-11-14-5-1-2-8-19(14)36-21/h1-11,18H,12-13H2. The van der Waals surface area contributed by atoms with E-state index in [-0.39, 0.29) is 17.5 Å². The van der Waals surface area contributed by atoms with Crippen LogP contribution < -0.4 is 0 Å². The van der Waals surface area contributed by atoms with E-state index < -0.39 is 40.9 Å². The van der Waals surface area contributed by atoms with Gasteiger partial charge in [0.15, 0.2) is 5.76 Å². The third-order valence-electron chi connectivity index (χ3n) is 6.21. The Morgan fingerprint density at radius 2 is 1.92 bits per heavy atom. The van der Waals surface area contributed by atoms with E-state index in [9.17, 15) is 24.5 Å². The third kappa shape index (κ3) is 3.28. The van der Waals surface area contributed by atoms with Crippen molar-refractivity contribution in [2.24, 2.45) is 5.10 Å².